The first-order valence-electron chi connectivity index (χ1n) is 13.6. The summed E-state index contributed by atoms with van der Waals surface area (Å²) in [7, 11) is 0. The number of urea groups is 1. The lowest BCUT2D eigenvalue weighted by Gasteiger charge is -2.31. The highest BCUT2D eigenvalue weighted by atomic mass is 35.5. The molecule has 9 nitrogen and oxygen atoms in total. The first kappa shape index (κ1) is 28.0. The number of likely N-dealkylation sites (tertiary alicyclic amines) is 1. The van der Waals surface area contributed by atoms with Gasteiger partial charge in [-0.3, -0.25) is 4.57 Å². The van der Waals surface area contributed by atoms with Gasteiger partial charge in [0.05, 0.1) is 29.8 Å². The molecule has 5 rings (SSSR count). The smallest absolute Gasteiger partial charge is 0.326 e. The number of amides is 2. The van der Waals surface area contributed by atoms with Gasteiger partial charge in [-0.1, -0.05) is 43.5 Å². The lowest BCUT2D eigenvalue weighted by atomic mass is 9.96. The van der Waals surface area contributed by atoms with Crippen LogP contribution in [0.1, 0.15) is 51.0 Å². The number of fused-ring (bicyclic) bond motifs is 1. The number of para-hydroxylation sites is 4. The van der Waals surface area contributed by atoms with E-state index in [0.717, 1.165) is 62.6 Å². The lowest BCUT2D eigenvalue weighted by molar-refractivity contribution is -0.908. The highest BCUT2D eigenvalue weighted by Crippen LogP contribution is 2.25. The summed E-state index contributed by atoms with van der Waals surface area (Å²) in [5.74, 6) is 0.549. The van der Waals surface area contributed by atoms with Crippen molar-refractivity contribution >= 4 is 22.8 Å². The molecule has 1 aliphatic carbocycles. The van der Waals surface area contributed by atoms with Gasteiger partial charge >= 0.3 is 11.7 Å². The van der Waals surface area contributed by atoms with Gasteiger partial charge in [0.1, 0.15) is 25.0 Å². The summed E-state index contributed by atoms with van der Waals surface area (Å²) in [6, 6.07) is 15.3. The van der Waals surface area contributed by atoms with E-state index in [1.165, 1.54) is 11.3 Å². The average molecular weight is 544 g/mol. The van der Waals surface area contributed by atoms with E-state index in [-0.39, 0.29) is 42.8 Å². The summed E-state index contributed by atoms with van der Waals surface area (Å²) in [5, 5.41) is 16.6. The van der Waals surface area contributed by atoms with Crippen LogP contribution in [0, 0.1) is 0 Å². The third-order valence-electron chi connectivity index (χ3n) is 7.68. The minimum Gasteiger partial charge on any atom is -1.00 e. The normalized spacial score (nSPS) is 20.9. The number of aliphatic hydroxyl groups is 1. The minimum absolute atomic E-state index is 0. The monoisotopic (exact) mass is 543 g/mol. The highest BCUT2D eigenvalue weighted by molar-refractivity contribution is 5.91. The van der Waals surface area contributed by atoms with Crippen molar-refractivity contribution in [3.8, 4) is 5.75 Å². The average Bonchev–Trinajstić information content (AvgIpc) is 3.25. The van der Waals surface area contributed by atoms with Gasteiger partial charge in [0.15, 0.2) is 0 Å². The summed E-state index contributed by atoms with van der Waals surface area (Å²) in [6.45, 7) is 2.49. The van der Waals surface area contributed by atoms with Crippen molar-refractivity contribution in [2.75, 3.05) is 31.6 Å². The molecule has 0 bridgehead atoms. The van der Waals surface area contributed by atoms with E-state index in [1.54, 1.807) is 6.07 Å². The number of anilines is 1. The Morgan fingerprint density at radius 2 is 1.76 bits per heavy atom. The number of hydrogen-bond donors (Lipinski definition) is 5. The number of hydrogen-bond acceptors (Lipinski definition) is 4. The maximum absolute atomic E-state index is 12.5. The van der Waals surface area contributed by atoms with Gasteiger partial charge in [0.25, 0.3) is 0 Å². The quantitative estimate of drug-likeness (QED) is 0.262. The van der Waals surface area contributed by atoms with Crippen LogP contribution in [0.25, 0.3) is 11.0 Å². The molecule has 3 aromatic rings. The molecule has 2 amide bonds. The number of aromatic amines is 1. The zero-order valence-corrected chi connectivity index (χ0v) is 22.4. The predicted octanol–water partition coefficient (Wildman–Crippen LogP) is -0.552. The predicted molar refractivity (Wildman–Crippen MR) is 143 cm³/mol. The maximum atomic E-state index is 12.5. The van der Waals surface area contributed by atoms with E-state index in [1.807, 2.05) is 47.0 Å². The Balaban J connectivity index is 0.00000336. The zero-order chi connectivity index (χ0) is 25.6. The molecule has 1 saturated carbocycles. The first-order chi connectivity index (χ1) is 18.1. The van der Waals surface area contributed by atoms with Gasteiger partial charge in [-0.2, -0.15) is 0 Å². The number of benzene rings is 2. The molecule has 1 aliphatic heterocycles. The largest absolute Gasteiger partial charge is 1.00 e. The van der Waals surface area contributed by atoms with E-state index in [4.69, 9.17) is 4.74 Å². The number of halogens is 1. The van der Waals surface area contributed by atoms with E-state index in [9.17, 15) is 14.7 Å². The van der Waals surface area contributed by atoms with Crippen LogP contribution in [-0.2, 0) is 0 Å². The molecule has 2 aliphatic rings. The second-order valence-electron chi connectivity index (χ2n) is 10.4. The summed E-state index contributed by atoms with van der Waals surface area (Å²) in [6.07, 6.45) is 6.73. The molecule has 38 heavy (non-hydrogen) atoms. The molecule has 5 N–H and O–H groups in total. The molecule has 2 aromatic carbocycles. The van der Waals surface area contributed by atoms with E-state index in [2.05, 4.69) is 15.6 Å². The van der Waals surface area contributed by atoms with E-state index >= 15 is 0 Å². The molecule has 10 heteroatoms. The van der Waals surface area contributed by atoms with Gasteiger partial charge in [-0.25, -0.2) is 9.59 Å². The standard InChI is InChI=1S/C28H37N5O4.ClH/c34-22(18-32-16-14-21(15-17-32)33-25-12-6-4-10-23(25)31-28(33)36)19-37-26-13-7-5-11-24(26)30-27(35)29-20-8-2-1-3-9-20;/h4-7,10-13,20-22,34H,1-3,8-9,14-19H2,(H,31,36)(H2,29,30,35);1H. The fourth-order valence-corrected chi connectivity index (χ4v) is 5.77. The molecule has 1 unspecified atom stereocenters. The Morgan fingerprint density at radius 3 is 2.55 bits per heavy atom. The number of nitrogens with one attached hydrogen (secondary N) is 4. The summed E-state index contributed by atoms with van der Waals surface area (Å²) in [4.78, 5) is 29.3. The highest BCUT2D eigenvalue weighted by Gasteiger charge is 2.27. The summed E-state index contributed by atoms with van der Waals surface area (Å²) in [5.41, 5.74) is 2.37. The summed E-state index contributed by atoms with van der Waals surface area (Å²) < 4.78 is 7.81. The van der Waals surface area contributed by atoms with Crippen LogP contribution in [0.2, 0.25) is 0 Å². The van der Waals surface area contributed by atoms with Crippen LogP contribution in [0.4, 0.5) is 10.5 Å². The van der Waals surface area contributed by atoms with Crippen molar-refractivity contribution < 1.29 is 31.9 Å². The fraction of sp³-hybridized carbons (Fsp3) is 0.500. The molecule has 0 radical (unpaired) electrons. The van der Waals surface area contributed by atoms with Crippen molar-refractivity contribution in [3.05, 3.63) is 59.0 Å². The van der Waals surface area contributed by atoms with Gasteiger partial charge in [-0.05, 0) is 37.1 Å². The van der Waals surface area contributed by atoms with Crippen LogP contribution >= 0.6 is 0 Å². The minimum atomic E-state index is -0.633. The number of imidazole rings is 1. The number of carbonyl (C=O) groups excluding carboxylic acids is 1. The van der Waals surface area contributed by atoms with Gasteiger partial charge in [-0.15, -0.1) is 0 Å². The SMILES string of the molecule is O=C(Nc1ccccc1OCC(O)C[NH+]1CCC(n2c(=O)[nH]c3ccccc32)CC1)NC1CCCCC1.[Cl-]. The van der Waals surface area contributed by atoms with Crippen LogP contribution in [0.3, 0.4) is 0 Å². The van der Waals surface area contributed by atoms with Crippen molar-refractivity contribution in [2.45, 2.75) is 63.1 Å². The third kappa shape index (κ3) is 6.89. The number of aromatic nitrogens is 2. The number of rotatable bonds is 8. The number of ether oxygens (including phenoxy) is 1. The number of aliphatic hydroxyl groups excluding tert-OH is 1. The van der Waals surface area contributed by atoms with Crippen LogP contribution in [0.15, 0.2) is 53.3 Å². The Labute approximate surface area is 229 Å². The van der Waals surface area contributed by atoms with E-state index < -0.39 is 6.10 Å². The van der Waals surface area contributed by atoms with E-state index in [0.29, 0.717) is 18.0 Å². The number of piperidine rings is 1. The van der Waals surface area contributed by atoms with Gasteiger partial charge in [0.2, 0.25) is 0 Å². The topological polar surface area (TPSA) is 113 Å². The van der Waals surface area contributed by atoms with Crippen molar-refractivity contribution in [1.29, 1.82) is 0 Å². The van der Waals surface area contributed by atoms with Crippen molar-refractivity contribution in [1.82, 2.24) is 14.9 Å². The first-order valence-corrected chi connectivity index (χ1v) is 13.6. The fourth-order valence-electron chi connectivity index (χ4n) is 5.77. The van der Waals surface area contributed by atoms with Crippen LogP contribution < -0.4 is 38.4 Å². The Kier molecular flexibility index (Phi) is 9.71. The Morgan fingerprint density at radius 1 is 1.05 bits per heavy atom. The molecular weight excluding hydrogens is 506 g/mol. The Bertz CT molecular complexity index is 1250. The second-order valence-corrected chi connectivity index (χ2v) is 10.4. The molecule has 206 valence electrons. The van der Waals surface area contributed by atoms with Crippen LogP contribution in [0.5, 0.6) is 5.75 Å². The molecule has 1 saturated heterocycles. The second kappa shape index (κ2) is 13.2. The van der Waals surface area contributed by atoms with Gasteiger partial charge in [0, 0.05) is 24.9 Å². The molecule has 1 atom stereocenters. The van der Waals surface area contributed by atoms with Crippen LogP contribution in [-0.4, -0.2) is 59.1 Å². The number of quaternary nitrogens is 1. The molecule has 2 fully saturated rings. The summed E-state index contributed by atoms with van der Waals surface area (Å²) >= 11 is 0. The van der Waals surface area contributed by atoms with Crippen molar-refractivity contribution in [3.63, 3.8) is 0 Å². The lowest BCUT2D eigenvalue weighted by Crippen LogP contribution is -3.14. The molecule has 2 heterocycles. The number of nitrogens with zero attached hydrogens (tertiary/aromatic N) is 1. The molecule has 1 aromatic heterocycles. The molecule has 0 spiro atoms. The van der Waals surface area contributed by atoms with Crippen molar-refractivity contribution in [2.24, 2.45) is 0 Å². The third-order valence-corrected chi connectivity index (χ3v) is 7.68. The number of carbonyl (C=O) groups is 1. The van der Waals surface area contributed by atoms with Gasteiger partial charge < -0.3 is 42.8 Å². The molecular formula is C28H38ClN5O4. The zero-order valence-electron chi connectivity index (χ0n) is 21.6. The number of H-pyrrole nitrogens is 1. The Hall–Kier alpha value is -3.01. The maximum Gasteiger partial charge on any atom is 0.326 e.